The van der Waals surface area contributed by atoms with Gasteiger partial charge in [0, 0.05) is 51.2 Å². The zero-order valence-corrected chi connectivity index (χ0v) is 24.3. The van der Waals surface area contributed by atoms with Crippen molar-refractivity contribution in [3.8, 4) is 5.75 Å². The van der Waals surface area contributed by atoms with E-state index in [0.717, 1.165) is 31.4 Å². The van der Waals surface area contributed by atoms with E-state index in [1.54, 1.807) is 16.7 Å². The summed E-state index contributed by atoms with van der Waals surface area (Å²) in [5.74, 6) is -1.96. The molecule has 2 heterocycles. The summed E-state index contributed by atoms with van der Waals surface area (Å²) in [6.07, 6.45) is 3.18. The number of carbonyl (C=O) groups is 2. The molecule has 41 heavy (non-hydrogen) atoms. The SMILES string of the molecule is CCOC(=O)N1CCC(NC)(N(C=O)CC)CC1.Cc1[nH]cc(C(=N)SC(=N)Cc2ccc(F)cc2F)c(=O)c1O. The second-order valence-electron chi connectivity index (χ2n) is 9.13. The number of hydrogen-bond donors (Lipinski definition) is 5. The first-order valence-electron chi connectivity index (χ1n) is 12.9. The highest BCUT2D eigenvalue weighted by atomic mass is 32.2. The van der Waals surface area contributed by atoms with Crippen molar-refractivity contribution >= 4 is 34.4 Å². The lowest BCUT2D eigenvalue weighted by Crippen LogP contribution is -2.62. The molecule has 0 unspecified atom stereocenters. The van der Waals surface area contributed by atoms with E-state index < -0.39 is 22.8 Å². The number of nitrogens with zero attached hydrogens (tertiary/aromatic N) is 2. The van der Waals surface area contributed by atoms with Crippen LogP contribution in [0.15, 0.2) is 29.2 Å². The van der Waals surface area contributed by atoms with Crippen LogP contribution in [0.5, 0.6) is 5.75 Å². The molecule has 1 fully saturated rings. The molecule has 1 aromatic carbocycles. The maximum atomic E-state index is 13.5. The van der Waals surface area contributed by atoms with Crippen molar-refractivity contribution in [2.24, 2.45) is 0 Å². The molecule has 0 radical (unpaired) electrons. The molecule has 3 rings (SSSR count). The Bertz CT molecular complexity index is 1310. The van der Waals surface area contributed by atoms with Crippen LogP contribution in [-0.2, 0) is 16.0 Å². The molecule has 0 atom stereocenters. The number of carbonyl (C=O) groups excluding carboxylic acids is 2. The molecule has 1 saturated heterocycles. The van der Waals surface area contributed by atoms with Crippen LogP contribution in [0, 0.1) is 29.4 Å². The largest absolute Gasteiger partial charge is 0.503 e. The van der Waals surface area contributed by atoms with Gasteiger partial charge in [-0.3, -0.25) is 25.7 Å². The molecule has 1 aliphatic rings. The lowest BCUT2D eigenvalue weighted by molar-refractivity contribution is -0.127. The number of rotatable bonds is 8. The monoisotopic (exact) mass is 594 g/mol. The number of nitrogens with one attached hydrogen (secondary N) is 4. The zero-order valence-electron chi connectivity index (χ0n) is 23.5. The number of piperidine rings is 1. The summed E-state index contributed by atoms with van der Waals surface area (Å²) in [5.41, 5.74) is -0.723. The third-order valence-corrected chi connectivity index (χ3v) is 7.50. The summed E-state index contributed by atoms with van der Waals surface area (Å²) in [5, 5.41) is 28.1. The summed E-state index contributed by atoms with van der Waals surface area (Å²) in [6.45, 7) is 7.51. The number of hydrogen-bond acceptors (Lipinski definition) is 9. The van der Waals surface area contributed by atoms with Gasteiger partial charge in [0.2, 0.25) is 11.8 Å². The lowest BCUT2D eigenvalue weighted by Gasteiger charge is -2.46. The summed E-state index contributed by atoms with van der Waals surface area (Å²) in [6, 6.07) is 3.04. The fourth-order valence-corrected chi connectivity index (χ4v) is 5.00. The van der Waals surface area contributed by atoms with Gasteiger partial charge in [0.05, 0.1) is 28.6 Å². The topological polar surface area (TPSA) is 163 Å². The molecule has 0 bridgehead atoms. The van der Waals surface area contributed by atoms with Crippen molar-refractivity contribution in [3.05, 3.63) is 63.1 Å². The van der Waals surface area contributed by atoms with E-state index in [-0.39, 0.29) is 45.1 Å². The summed E-state index contributed by atoms with van der Waals surface area (Å²) in [7, 11) is 1.85. The first kappa shape index (κ1) is 33.4. The third-order valence-electron chi connectivity index (χ3n) is 6.68. The summed E-state index contributed by atoms with van der Waals surface area (Å²) >= 11 is 0.664. The highest BCUT2D eigenvalue weighted by Gasteiger charge is 2.38. The van der Waals surface area contributed by atoms with E-state index in [0.29, 0.717) is 38.0 Å². The third kappa shape index (κ3) is 8.60. The standard InChI is InChI=1S/C15H13F2N3O2S.C12H23N3O3/c1-7-13(21)14(22)10(6-20-7)15(19)23-12(18)4-8-2-3-9(16)5-11(8)17;1-4-15(10-16)12(13-3)6-8-14(9-7-12)11(17)18-5-2/h2-3,5-6,18-19,21H,4H2,1H3,(H,20,22);10,13H,4-9H2,1-3H3. The minimum absolute atomic E-state index is 0.0811. The van der Waals surface area contributed by atoms with Crippen molar-refractivity contribution in [3.63, 3.8) is 0 Å². The van der Waals surface area contributed by atoms with Gasteiger partial charge in [-0.1, -0.05) is 17.8 Å². The van der Waals surface area contributed by atoms with E-state index in [1.807, 2.05) is 14.0 Å². The van der Waals surface area contributed by atoms with Crippen LogP contribution >= 0.6 is 11.8 Å². The van der Waals surface area contributed by atoms with Crippen molar-refractivity contribution in [1.82, 2.24) is 20.1 Å². The summed E-state index contributed by atoms with van der Waals surface area (Å²) < 4.78 is 31.4. The Labute approximate surface area is 241 Å². The van der Waals surface area contributed by atoms with Gasteiger partial charge >= 0.3 is 6.09 Å². The van der Waals surface area contributed by atoms with Crippen LogP contribution in [0.2, 0.25) is 0 Å². The Morgan fingerprint density at radius 2 is 1.95 bits per heavy atom. The van der Waals surface area contributed by atoms with Crippen molar-refractivity contribution in [1.29, 1.82) is 10.8 Å². The van der Waals surface area contributed by atoms with Gasteiger partial charge in [0.25, 0.3) is 0 Å². The van der Waals surface area contributed by atoms with Gasteiger partial charge < -0.3 is 24.6 Å². The smallest absolute Gasteiger partial charge is 0.409 e. The second-order valence-corrected chi connectivity index (χ2v) is 10.2. The van der Waals surface area contributed by atoms with Gasteiger partial charge in [-0.15, -0.1) is 0 Å². The Kier molecular flexibility index (Phi) is 12.5. The molecular weight excluding hydrogens is 558 g/mol. The molecule has 11 nitrogen and oxygen atoms in total. The highest BCUT2D eigenvalue weighted by Crippen LogP contribution is 2.25. The molecule has 14 heteroatoms. The molecule has 5 N–H and O–H groups in total. The van der Waals surface area contributed by atoms with Crippen LogP contribution in [0.25, 0.3) is 0 Å². The number of aromatic hydroxyl groups is 1. The Morgan fingerprint density at radius 1 is 1.29 bits per heavy atom. The van der Waals surface area contributed by atoms with E-state index in [9.17, 15) is 28.3 Å². The quantitative estimate of drug-likeness (QED) is 0.135. The number of benzene rings is 1. The van der Waals surface area contributed by atoms with Gasteiger partial charge in [0.15, 0.2) is 5.75 Å². The second kappa shape index (κ2) is 15.3. The van der Waals surface area contributed by atoms with Crippen LogP contribution in [-0.4, -0.2) is 81.4 Å². The van der Waals surface area contributed by atoms with E-state index >= 15 is 0 Å². The number of halogens is 2. The lowest BCUT2D eigenvalue weighted by atomic mass is 9.95. The molecule has 2 amide bonds. The van der Waals surface area contributed by atoms with Crippen LogP contribution < -0.4 is 10.7 Å². The number of aryl methyl sites for hydroxylation is 1. The first-order valence-corrected chi connectivity index (χ1v) is 13.8. The molecule has 0 saturated carbocycles. The van der Waals surface area contributed by atoms with Gasteiger partial charge in [-0.05, 0) is 39.4 Å². The van der Waals surface area contributed by atoms with Gasteiger partial charge in [-0.2, -0.15) is 0 Å². The number of thioether (sulfide) groups is 1. The predicted molar refractivity (Wildman–Crippen MR) is 154 cm³/mol. The normalized spacial score (nSPS) is 14.0. The number of aromatic nitrogens is 1. The van der Waals surface area contributed by atoms with Crippen LogP contribution in [0.3, 0.4) is 0 Å². The molecular formula is C27H36F2N6O5S. The zero-order chi connectivity index (χ0) is 30.7. The van der Waals surface area contributed by atoms with Crippen LogP contribution in [0.4, 0.5) is 13.6 Å². The molecule has 224 valence electrons. The number of pyridine rings is 1. The van der Waals surface area contributed by atoms with Crippen molar-refractivity contribution in [2.75, 3.05) is 33.3 Å². The Morgan fingerprint density at radius 3 is 2.49 bits per heavy atom. The van der Waals surface area contributed by atoms with Gasteiger partial charge in [-0.25, -0.2) is 13.6 Å². The average Bonchev–Trinajstić information content (AvgIpc) is 2.94. The Hall–Kier alpha value is -3.78. The molecule has 2 aromatic rings. The fourth-order valence-electron chi connectivity index (χ4n) is 4.27. The Balaban J connectivity index is 0.000000296. The van der Waals surface area contributed by atoms with Crippen molar-refractivity contribution in [2.45, 2.75) is 45.7 Å². The van der Waals surface area contributed by atoms with Gasteiger partial charge in [0.1, 0.15) is 16.7 Å². The number of likely N-dealkylation sites (tertiary alicyclic amines) is 1. The maximum absolute atomic E-state index is 13.5. The molecule has 0 spiro atoms. The number of aromatic amines is 1. The van der Waals surface area contributed by atoms with E-state index in [4.69, 9.17) is 15.6 Å². The number of ether oxygens (including phenoxy) is 1. The first-order chi connectivity index (χ1) is 19.4. The predicted octanol–water partition coefficient (Wildman–Crippen LogP) is 3.58. The minimum Gasteiger partial charge on any atom is -0.503 e. The minimum atomic E-state index is -0.771. The van der Waals surface area contributed by atoms with E-state index in [1.165, 1.54) is 19.2 Å². The number of amides is 2. The fraction of sp³-hybridized carbons (Fsp3) is 0.444. The van der Waals surface area contributed by atoms with Crippen molar-refractivity contribution < 1.29 is 28.2 Å². The van der Waals surface area contributed by atoms with Crippen LogP contribution in [0.1, 0.15) is 43.5 Å². The number of H-pyrrole nitrogens is 1. The average molecular weight is 595 g/mol. The molecule has 0 aliphatic carbocycles. The maximum Gasteiger partial charge on any atom is 0.409 e. The molecule has 1 aliphatic heterocycles. The summed E-state index contributed by atoms with van der Waals surface area (Å²) in [4.78, 5) is 40.7. The molecule has 1 aromatic heterocycles. The highest BCUT2D eigenvalue weighted by molar-refractivity contribution is 8.26. The van der Waals surface area contributed by atoms with E-state index in [2.05, 4.69) is 10.3 Å².